The van der Waals surface area contributed by atoms with Gasteiger partial charge in [0.2, 0.25) is 0 Å². The van der Waals surface area contributed by atoms with Crippen LogP contribution in [0.3, 0.4) is 0 Å². The number of ether oxygens (including phenoxy) is 2. The lowest BCUT2D eigenvalue weighted by Crippen LogP contribution is -2.44. The minimum absolute atomic E-state index is 0.136. The normalized spacial score (nSPS) is 11.6. The predicted octanol–water partition coefficient (Wildman–Crippen LogP) is 4.60. The first-order valence-corrected chi connectivity index (χ1v) is 8.69. The van der Waals surface area contributed by atoms with Gasteiger partial charge in [0.25, 0.3) is 0 Å². The van der Waals surface area contributed by atoms with Gasteiger partial charge in [0.1, 0.15) is 17.5 Å². The van der Waals surface area contributed by atoms with Gasteiger partial charge in [0.15, 0.2) is 0 Å². The number of aldehydes is 1. The summed E-state index contributed by atoms with van der Waals surface area (Å²) in [5.41, 5.74) is 0.0348. The first kappa shape index (κ1) is 21.7. The molecule has 0 aliphatic rings. The molecule has 144 valence electrons. The summed E-state index contributed by atoms with van der Waals surface area (Å²) >= 11 is 0. The Hall–Kier alpha value is -2.37. The molecular formula is C20H29NO5. The fourth-order valence-electron chi connectivity index (χ4n) is 2.20. The molecule has 0 atom stereocenters. The van der Waals surface area contributed by atoms with E-state index in [1.165, 1.54) is 0 Å². The maximum absolute atomic E-state index is 12.4. The molecule has 0 aromatic heterocycles. The third-order valence-electron chi connectivity index (χ3n) is 3.24. The van der Waals surface area contributed by atoms with Crippen molar-refractivity contribution >= 4 is 18.5 Å². The average Bonchev–Trinajstić information content (AvgIpc) is 2.48. The molecule has 0 N–H and O–H groups in total. The van der Waals surface area contributed by atoms with Crippen LogP contribution < -0.4 is 0 Å². The first-order valence-electron chi connectivity index (χ1n) is 8.69. The summed E-state index contributed by atoms with van der Waals surface area (Å²) in [4.78, 5) is 36.9. The fraction of sp³-hybridized carbons (Fsp3) is 0.550. The first-order chi connectivity index (χ1) is 11.9. The molecule has 26 heavy (non-hydrogen) atoms. The van der Waals surface area contributed by atoms with E-state index in [-0.39, 0.29) is 6.54 Å². The van der Waals surface area contributed by atoms with Gasteiger partial charge in [-0.2, -0.15) is 0 Å². The monoisotopic (exact) mass is 363 g/mol. The van der Waals surface area contributed by atoms with E-state index in [1.807, 2.05) is 12.1 Å². The smallest absolute Gasteiger partial charge is 0.419 e. The van der Waals surface area contributed by atoms with Gasteiger partial charge in [0.05, 0.1) is 0 Å². The Morgan fingerprint density at radius 2 is 1.46 bits per heavy atom. The molecule has 6 nitrogen and oxygen atoms in total. The van der Waals surface area contributed by atoms with Crippen LogP contribution in [0.1, 0.15) is 63.9 Å². The second kappa shape index (κ2) is 8.83. The highest BCUT2D eigenvalue weighted by Gasteiger charge is 2.30. The van der Waals surface area contributed by atoms with E-state index in [0.717, 1.165) is 16.7 Å². The topological polar surface area (TPSA) is 72.9 Å². The molecule has 0 bridgehead atoms. The van der Waals surface area contributed by atoms with Crippen LogP contribution in [-0.4, -0.2) is 41.1 Å². The minimum atomic E-state index is -0.740. The van der Waals surface area contributed by atoms with Crippen molar-refractivity contribution in [2.24, 2.45) is 0 Å². The SMILES string of the molecule is CC(C)(C)OC(=O)N(CCCc1ccccc1C=O)C(=O)OC(C)(C)C. The Morgan fingerprint density at radius 1 is 0.962 bits per heavy atom. The summed E-state index contributed by atoms with van der Waals surface area (Å²) < 4.78 is 10.6. The molecule has 2 amide bonds. The van der Waals surface area contributed by atoms with Crippen molar-refractivity contribution in [1.82, 2.24) is 4.90 Å². The number of aryl methyl sites for hydroxylation is 1. The van der Waals surface area contributed by atoms with Gasteiger partial charge in [-0.15, -0.1) is 0 Å². The number of nitrogens with zero attached hydrogens (tertiary/aromatic N) is 1. The summed E-state index contributed by atoms with van der Waals surface area (Å²) in [5, 5.41) is 0. The Morgan fingerprint density at radius 3 is 1.92 bits per heavy atom. The number of carbonyl (C=O) groups excluding carboxylic acids is 3. The molecule has 1 aromatic carbocycles. The van der Waals surface area contributed by atoms with E-state index in [0.29, 0.717) is 18.4 Å². The molecule has 0 spiro atoms. The van der Waals surface area contributed by atoms with Crippen molar-refractivity contribution in [1.29, 1.82) is 0 Å². The zero-order chi connectivity index (χ0) is 20.0. The number of rotatable bonds is 5. The third-order valence-corrected chi connectivity index (χ3v) is 3.24. The van der Waals surface area contributed by atoms with E-state index in [1.54, 1.807) is 53.7 Å². The minimum Gasteiger partial charge on any atom is -0.443 e. The largest absolute Gasteiger partial charge is 0.443 e. The van der Waals surface area contributed by atoms with Gasteiger partial charge in [-0.05, 0) is 59.9 Å². The second-order valence-electron chi connectivity index (χ2n) is 8.03. The van der Waals surface area contributed by atoms with Crippen molar-refractivity contribution in [3.63, 3.8) is 0 Å². The highest BCUT2D eigenvalue weighted by Crippen LogP contribution is 2.16. The maximum atomic E-state index is 12.4. The molecule has 0 heterocycles. The molecule has 1 aromatic rings. The number of benzene rings is 1. The van der Waals surface area contributed by atoms with Crippen molar-refractivity contribution < 1.29 is 23.9 Å². The van der Waals surface area contributed by atoms with Gasteiger partial charge in [-0.1, -0.05) is 24.3 Å². The molecule has 0 aliphatic carbocycles. The van der Waals surface area contributed by atoms with Crippen LogP contribution in [0.4, 0.5) is 9.59 Å². The summed E-state index contributed by atoms with van der Waals surface area (Å²) in [6, 6.07) is 7.24. The highest BCUT2D eigenvalue weighted by molar-refractivity contribution is 5.88. The van der Waals surface area contributed by atoms with Crippen molar-refractivity contribution in [3.8, 4) is 0 Å². The molecule has 0 radical (unpaired) electrons. The summed E-state index contributed by atoms with van der Waals surface area (Å²) in [6.07, 6.45) is 0.362. The van der Waals surface area contributed by atoms with Crippen LogP contribution in [0.2, 0.25) is 0 Å². The Labute approximate surface area is 155 Å². The van der Waals surface area contributed by atoms with Crippen molar-refractivity contribution in [2.45, 2.75) is 65.6 Å². The lowest BCUT2D eigenvalue weighted by atomic mass is 10.0. The summed E-state index contributed by atoms with van der Waals surface area (Å²) in [7, 11) is 0. The van der Waals surface area contributed by atoms with Gasteiger partial charge < -0.3 is 9.47 Å². The second-order valence-corrected chi connectivity index (χ2v) is 8.03. The molecule has 0 saturated heterocycles. The Bertz CT molecular complexity index is 612. The van der Waals surface area contributed by atoms with Gasteiger partial charge >= 0.3 is 12.2 Å². The van der Waals surface area contributed by atoms with Crippen LogP contribution >= 0.6 is 0 Å². The van der Waals surface area contributed by atoms with Crippen LogP contribution in [0.25, 0.3) is 0 Å². The quantitative estimate of drug-likeness (QED) is 0.715. The zero-order valence-electron chi connectivity index (χ0n) is 16.5. The standard InChI is InChI=1S/C20H29NO5/c1-19(2,3)25-17(23)21(18(24)26-20(4,5)6)13-9-12-15-10-7-8-11-16(15)14-22/h7-8,10-11,14H,9,12-13H2,1-6H3. The lowest BCUT2D eigenvalue weighted by Gasteiger charge is -2.28. The van der Waals surface area contributed by atoms with Gasteiger partial charge in [-0.3, -0.25) is 4.79 Å². The van der Waals surface area contributed by atoms with E-state index in [9.17, 15) is 14.4 Å². The maximum Gasteiger partial charge on any atom is 0.419 e. The summed E-state index contributed by atoms with van der Waals surface area (Å²) in [5.74, 6) is 0. The fourth-order valence-corrected chi connectivity index (χ4v) is 2.20. The Kier molecular flexibility index (Phi) is 7.36. The van der Waals surface area contributed by atoms with Crippen LogP contribution in [0, 0.1) is 0 Å². The van der Waals surface area contributed by atoms with E-state index < -0.39 is 23.4 Å². The molecule has 0 fully saturated rings. The zero-order valence-corrected chi connectivity index (χ0v) is 16.5. The molecule has 0 unspecified atom stereocenters. The van der Waals surface area contributed by atoms with Crippen molar-refractivity contribution in [2.75, 3.05) is 6.54 Å². The number of imide groups is 1. The number of hydrogen-bond acceptors (Lipinski definition) is 5. The molecule has 6 heteroatoms. The number of carbonyl (C=O) groups is 3. The van der Waals surface area contributed by atoms with Crippen molar-refractivity contribution in [3.05, 3.63) is 35.4 Å². The van der Waals surface area contributed by atoms with E-state index in [2.05, 4.69) is 0 Å². The molecule has 1 rings (SSSR count). The number of hydrogen-bond donors (Lipinski definition) is 0. The van der Waals surface area contributed by atoms with Crippen LogP contribution in [0.15, 0.2) is 24.3 Å². The van der Waals surface area contributed by atoms with Crippen LogP contribution in [0.5, 0.6) is 0 Å². The molecular weight excluding hydrogens is 334 g/mol. The van der Waals surface area contributed by atoms with E-state index in [4.69, 9.17) is 9.47 Å². The molecule has 0 saturated carbocycles. The van der Waals surface area contributed by atoms with E-state index >= 15 is 0 Å². The number of amides is 2. The average molecular weight is 363 g/mol. The summed E-state index contributed by atoms with van der Waals surface area (Å²) in [6.45, 7) is 10.5. The third kappa shape index (κ3) is 7.68. The van der Waals surface area contributed by atoms with Crippen LogP contribution in [-0.2, 0) is 15.9 Å². The lowest BCUT2D eigenvalue weighted by molar-refractivity contribution is 0.00128. The van der Waals surface area contributed by atoms with Gasteiger partial charge in [-0.25, -0.2) is 14.5 Å². The predicted molar refractivity (Wildman–Crippen MR) is 99.3 cm³/mol. The highest BCUT2D eigenvalue weighted by atomic mass is 16.6. The Balaban J connectivity index is 2.83. The molecule has 0 aliphatic heterocycles. The van der Waals surface area contributed by atoms with Gasteiger partial charge in [0, 0.05) is 12.1 Å².